The highest BCUT2D eigenvalue weighted by atomic mass is 19.2. The molecule has 0 aliphatic carbocycles. The molecule has 4 nitrogen and oxygen atoms in total. The molecule has 1 aliphatic heterocycles. The molecule has 1 aromatic heterocycles. The van der Waals surface area contributed by atoms with E-state index in [1.54, 1.807) is 0 Å². The Bertz CT molecular complexity index is 465. The number of halogens is 3. The number of hydrogen-bond acceptors (Lipinski definition) is 4. The molecule has 7 heteroatoms. The Morgan fingerprint density at radius 1 is 1.32 bits per heavy atom. The van der Waals surface area contributed by atoms with Crippen molar-refractivity contribution in [2.24, 2.45) is 0 Å². The van der Waals surface area contributed by atoms with E-state index in [0.717, 1.165) is 0 Å². The van der Waals surface area contributed by atoms with Crippen molar-refractivity contribution in [2.75, 3.05) is 31.7 Å². The lowest BCUT2D eigenvalue weighted by Gasteiger charge is -2.35. The lowest BCUT2D eigenvalue weighted by Crippen LogP contribution is -2.46. The summed E-state index contributed by atoms with van der Waals surface area (Å²) in [5.74, 6) is -3.97. The second kappa shape index (κ2) is 5.34. The Kier molecular flexibility index (Phi) is 3.96. The topological polar surface area (TPSA) is 45.6 Å². The van der Waals surface area contributed by atoms with Crippen LogP contribution in [0.25, 0.3) is 0 Å². The standard InChI is InChI=1S/C12H15F3N2O2/c1-17(7-12(18)2-4-19-5-3-12)11-9(14)6-8(13)10(15)16-11/h6,18H,2-5,7H2,1H3. The van der Waals surface area contributed by atoms with Crippen molar-refractivity contribution < 1.29 is 23.0 Å². The second-order valence-corrected chi connectivity index (χ2v) is 4.76. The molecule has 0 spiro atoms. The van der Waals surface area contributed by atoms with Gasteiger partial charge in [-0.25, -0.2) is 8.78 Å². The highest BCUT2D eigenvalue weighted by Crippen LogP contribution is 2.25. The summed E-state index contributed by atoms with van der Waals surface area (Å²) in [5, 5.41) is 10.3. The summed E-state index contributed by atoms with van der Waals surface area (Å²) in [6, 6.07) is 0.447. The number of hydrogen-bond donors (Lipinski definition) is 1. The molecule has 0 bridgehead atoms. The zero-order valence-electron chi connectivity index (χ0n) is 10.5. The van der Waals surface area contributed by atoms with Crippen LogP contribution in [0.3, 0.4) is 0 Å². The lowest BCUT2D eigenvalue weighted by molar-refractivity contribution is -0.0573. The molecule has 0 saturated carbocycles. The Labute approximate surface area is 108 Å². The first-order chi connectivity index (χ1) is 8.91. The zero-order valence-corrected chi connectivity index (χ0v) is 10.5. The van der Waals surface area contributed by atoms with Gasteiger partial charge in [-0.05, 0) is 0 Å². The molecular weight excluding hydrogens is 261 g/mol. The monoisotopic (exact) mass is 276 g/mol. The minimum absolute atomic E-state index is 0.0748. The first kappa shape index (κ1) is 14.1. The first-order valence-corrected chi connectivity index (χ1v) is 5.94. The number of anilines is 1. The molecule has 106 valence electrons. The van der Waals surface area contributed by atoms with Gasteiger partial charge in [-0.2, -0.15) is 9.37 Å². The number of nitrogens with zero attached hydrogens (tertiary/aromatic N) is 2. The molecule has 1 N–H and O–H groups in total. The third-order valence-corrected chi connectivity index (χ3v) is 3.18. The van der Waals surface area contributed by atoms with Gasteiger partial charge in [0.2, 0.25) is 0 Å². The molecule has 2 rings (SSSR count). The average molecular weight is 276 g/mol. The van der Waals surface area contributed by atoms with E-state index in [2.05, 4.69) is 4.98 Å². The van der Waals surface area contributed by atoms with Crippen molar-refractivity contribution in [1.82, 2.24) is 4.98 Å². The number of aliphatic hydroxyl groups is 1. The average Bonchev–Trinajstić information content (AvgIpc) is 2.34. The van der Waals surface area contributed by atoms with Gasteiger partial charge in [0.1, 0.15) is 0 Å². The van der Waals surface area contributed by atoms with Crippen LogP contribution in [0.4, 0.5) is 19.0 Å². The highest BCUT2D eigenvalue weighted by molar-refractivity contribution is 5.39. The number of likely N-dealkylation sites (N-methyl/N-ethyl adjacent to an activating group) is 1. The molecule has 1 aliphatic rings. The maximum Gasteiger partial charge on any atom is 0.251 e. The predicted molar refractivity (Wildman–Crippen MR) is 62.4 cm³/mol. The molecule has 1 fully saturated rings. The van der Waals surface area contributed by atoms with Gasteiger partial charge in [-0.15, -0.1) is 0 Å². The van der Waals surface area contributed by atoms with Gasteiger partial charge in [0.05, 0.1) is 5.60 Å². The fourth-order valence-electron chi connectivity index (χ4n) is 2.13. The summed E-state index contributed by atoms with van der Waals surface area (Å²) in [7, 11) is 1.47. The van der Waals surface area contributed by atoms with E-state index in [4.69, 9.17) is 4.74 Å². The first-order valence-electron chi connectivity index (χ1n) is 5.94. The molecule has 1 saturated heterocycles. The largest absolute Gasteiger partial charge is 0.388 e. The second-order valence-electron chi connectivity index (χ2n) is 4.76. The molecular formula is C12H15F3N2O2. The van der Waals surface area contributed by atoms with E-state index in [9.17, 15) is 18.3 Å². The van der Waals surface area contributed by atoms with E-state index in [1.165, 1.54) is 11.9 Å². The van der Waals surface area contributed by atoms with Crippen molar-refractivity contribution in [1.29, 1.82) is 0 Å². The summed E-state index contributed by atoms with van der Waals surface area (Å²) >= 11 is 0. The van der Waals surface area contributed by atoms with Crippen molar-refractivity contribution in [3.8, 4) is 0 Å². The molecule has 2 heterocycles. The summed E-state index contributed by atoms with van der Waals surface area (Å²) in [4.78, 5) is 4.52. The third-order valence-electron chi connectivity index (χ3n) is 3.18. The van der Waals surface area contributed by atoms with Gasteiger partial charge < -0.3 is 14.7 Å². The van der Waals surface area contributed by atoms with Gasteiger partial charge in [-0.1, -0.05) is 0 Å². The van der Waals surface area contributed by atoms with Crippen LogP contribution in [-0.4, -0.2) is 42.5 Å². The Balaban J connectivity index is 2.15. The molecule has 19 heavy (non-hydrogen) atoms. The van der Waals surface area contributed by atoms with Crippen LogP contribution in [0.2, 0.25) is 0 Å². The van der Waals surface area contributed by atoms with E-state index in [0.29, 0.717) is 32.1 Å². The number of ether oxygens (including phenoxy) is 1. The van der Waals surface area contributed by atoms with E-state index < -0.39 is 23.2 Å². The van der Waals surface area contributed by atoms with Crippen LogP contribution in [0.5, 0.6) is 0 Å². The van der Waals surface area contributed by atoms with Gasteiger partial charge >= 0.3 is 0 Å². The summed E-state index contributed by atoms with van der Waals surface area (Å²) in [6.07, 6.45) is 0.811. The number of rotatable bonds is 3. The lowest BCUT2D eigenvalue weighted by atomic mass is 9.94. The third kappa shape index (κ3) is 3.16. The zero-order chi connectivity index (χ0) is 14.0. The Morgan fingerprint density at radius 2 is 1.95 bits per heavy atom. The van der Waals surface area contributed by atoms with Gasteiger partial charge in [-0.3, -0.25) is 0 Å². The van der Waals surface area contributed by atoms with Gasteiger partial charge in [0, 0.05) is 45.7 Å². The van der Waals surface area contributed by atoms with Crippen LogP contribution < -0.4 is 4.90 Å². The SMILES string of the molecule is CN(CC1(O)CCOCC1)c1nc(F)c(F)cc1F. The smallest absolute Gasteiger partial charge is 0.251 e. The summed E-state index contributed by atoms with van der Waals surface area (Å²) < 4.78 is 44.5. The van der Waals surface area contributed by atoms with Crippen LogP contribution in [0.15, 0.2) is 6.07 Å². The minimum atomic E-state index is -1.36. The summed E-state index contributed by atoms with van der Waals surface area (Å²) in [6.45, 7) is 0.904. The van der Waals surface area contributed by atoms with E-state index in [-0.39, 0.29) is 12.4 Å². The summed E-state index contributed by atoms with van der Waals surface area (Å²) in [5.41, 5.74) is -1.04. The fraction of sp³-hybridized carbons (Fsp3) is 0.583. The molecule has 1 aromatic rings. The van der Waals surface area contributed by atoms with Crippen LogP contribution >= 0.6 is 0 Å². The van der Waals surface area contributed by atoms with Crippen LogP contribution in [0, 0.1) is 17.6 Å². The van der Waals surface area contributed by atoms with Crippen molar-refractivity contribution >= 4 is 5.82 Å². The quantitative estimate of drug-likeness (QED) is 0.849. The van der Waals surface area contributed by atoms with Crippen LogP contribution in [0.1, 0.15) is 12.8 Å². The van der Waals surface area contributed by atoms with Crippen molar-refractivity contribution in [3.63, 3.8) is 0 Å². The normalized spacial score (nSPS) is 18.4. The minimum Gasteiger partial charge on any atom is -0.388 e. The maximum absolute atomic E-state index is 13.5. The number of pyridine rings is 1. The predicted octanol–water partition coefficient (Wildman–Crippen LogP) is 1.48. The van der Waals surface area contributed by atoms with Crippen molar-refractivity contribution in [3.05, 3.63) is 23.6 Å². The highest BCUT2D eigenvalue weighted by Gasteiger charge is 2.32. The van der Waals surface area contributed by atoms with Gasteiger partial charge in [0.15, 0.2) is 17.5 Å². The Morgan fingerprint density at radius 3 is 2.58 bits per heavy atom. The van der Waals surface area contributed by atoms with Crippen molar-refractivity contribution in [2.45, 2.75) is 18.4 Å². The Hall–Kier alpha value is -1.34. The molecule has 0 radical (unpaired) electrons. The maximum atomic E-state index is 13.5. The van der Waals surface area contributed by atoms with Crippen LogP contribution in [-0.2, 0) is 4.74 Å². The molecule has 0 unspecified atom stereocenters. The number of aromatic nitrogens is 1. The van der Waals surface area contributed by atoms with Gasteiger partial charge in [0.25, 0.3) is 5.95 Å². The molecule has 0 aromatic carbocycles. The molecule has 0 amide bonds. The fourth-order valence-corrected chi connectivity index (χ4v) is 2.13. The van der Waals surface area contributed by atoms with E-state index >= 15 is 0 Å². The van der Waals surface area contributed by atoms with E-state index in [1.807, 2.05) is 0 Å². The molecule has 0 atom stereocenters.